The van der Waals surface area contributed by atoms with Crippen molar-refractivity contribution in [2.24, 2.45) is 0 Å². The van der Waals surface area contributed by atoms with Crippen LogP contribution < -0.4 is 5.73 Å². The van der Waals surface area contributed by atoms with Crippen LogP contribution in [-0.2, 0) is 11.3 Å². The number of ether oxygens (including phenoxy) is 1. The molecule has 1 aliphatic carbocycles. The van der Waals surface area contributed by atoms with Crippen molar-refractivity contribution in [1.82, 2.24) is 4.90 Å². The molecule has 1 saturated carbocycles. The topological polar surface area (TPSA) is 38.5 Å². The van der Waals surface area contributed by atoms with Crippen LogP contribution in [0, 0.1) is 0 Å². The molecule has 3 rings (SSSR count). The van der Waals surface area contributed by atoms with Gasteiger partial charge < -0.3 is 10.5 Å². The number of likely N-dealkylation sites (N-methyl/N-ethyl adjacent to an activating group) is 1. The van der Waals surface area contributed by atoms with E-state index in [0.29, 0.717) is 6.10 Å². The summed E-state index contributed by atoms with van der Waals surface area (Å²) in [7, 11) is 0. The van der Waals surface area contributed by atoms with E-state index >= 15 is 0 Å². The number of nitrogens with zero attached hydrogens (tertiary/aromatic N) is 1. The van der Waals surface area contributed by atoms with Crippen LogP contribution in [-0.4, -0.2) is 29.7 Å². The van der Waals surface area contributed by atoms with E-state index in [1.807, 2.05) is 12.1 Å². The van der Waals surface area contributed by atoms with Gasteiger partial charge in [-0.15, -0.1) is 0 Å². The minimum atomic E-state index is 0.255. The van der Waals surface area contributed by atoms with Crippen molar-refractivity contribution in [2.75, 3.05) is 18.8 Å². The normalized spacial score (nSPS) is 24.2. The molecule has 2 N–H and O–H groups in total. The summed E-state index contributed by atoms with van der Waals surface area (Å²) in [6.07, 6.45) is 8.22. The van der Waals surface area contributed by atoms with E-state index in [-0.39, 0.29) is 5.60 Å². The second-order valence-corrected chi connectivity index (χ2v) is 6.74. The molecule has 1 unspecified atom stereocenters. The quantitative estimate of drug-likeness (QED) is 0.842. The fourth-order valence-electron chi connectivity index (χ4n) is 3.89. The molecule has 1 saturated heterocycles. The first kappa shape index (κ1) is 14.9. The first-order valence-corrected chi connectivity index (χ1v) is 8.44. The largest absolute Gasteiger partial charge is 0.399 e. The van der Waals surface area contributed by atoms with Gasteiger partial charge in [0.05, 0.1) is 11.7 Å². The van der Waals surface area contributed by atoms with Crippen LogP contribution in [0.25, 0.3) is 0 Å². The van der Waals surface area contributed by atoms with Gasteiger partial charge in [-0.05, 0) is 49.9 Å². The van der Waals surface area contributed by atoms with Crippen LogP contribution in [0.4, 0.5) is 5.69 Å². The molecule has 0 amide bonds. The molecule has 3 heteroatoms. The maximum Gasteiger partial charge on any atom is 0.0710 e. The van der Waals surface area contributed by atoms with Crippen molar-refractivity contribution < 1.29 is 4.74 Å². The Labute approximate surface area is 128 Å². The first-order valence-electron chi connectivity index (χ1n) is 8.44. The van der Waals surface area contributed by atoms with Gasteiger partial charge in [0, 0.05) is 18.8 Å². The fourth-order valence-corrected chi connectivity index (χ4v) is 3.89. The van der Waals surface area contributed by atoms with Gasteiger partial charge in [-0.25, -0.2) is 0 Å². The highest BCUT2D eigenvalue weighted by Gasteiger charge is 2.42. The Kier molecular flexibility index (Phi) is 4.51. The Bertz CT molecular complexity index is 451. The molecule has 1 spiro atoms. The molecule has 1 aliphatic heterocycles. The Morgan fingerprint density at radius 3 is 2.57 bits per heavy atom. The van der Waals surface area contributed by atoms with Crippen molar-refractivity contribution in [2.45, 2.75) is 63.7 Å². The molecule has 21 heavy (non-hydrogen) atoms. The standard InChI is InChI=1S/C18H28N2O/c1-2-20(13-15-5-7-16(19)8-6-15)14-17-9-12-18(21-17)10-3-4-11-18/h5-8,17H,2-4,9-14,19H2,1H3. The lowest BCUT2D eigenvalue weighted by molar-refractivity contribution is -0.0476. The second kappa shape index (κ2) is 6.37. The van der Waals surface area contributed by atoms with Crippen LogP contribution in [0.5, 0.6) is 0 Å². The number of nitrogens with two attached hydrogens (primary N) is 1. The van der Waals surface area contributed by atoms with Gasteiger partial charge in [0.25, 0.3) is 0 Å². The van der Waals surface area contributed by atoms with Crippen molar-refractivity contribution in [3.63, 3.8) is 0 Å². The van der Waals surface area contributed by atoms with Crippen LogP contribution in [0.1, 0.15) is 51.0 Å². The molecular weight excluding hydrogens is 260 g/mol. The third-order valence-corrected chi connectivity index (χ3v) is 5.15. The van der Waals surface area contributed by atoms with E-state index < -0.39 is 0 Å². The third kappa shape index (κ3) is 3.58. The Balaban J connectivity index is 1.54. The summed E-state index contributed by atoms with van der Waals surface area (Å²) in [5.41, 5.74) is 8.18. The highest BCUT2D eigenvalue weighted by atomic mass is 16.5. The average molecular weight is 288 g/mol. The lowest BCUT2D eigenvalue weighted by Crippen LogP contribution is -2.34. The first-order chi connectivity index (χ1) is 10.2. The summed E-state index contributed by atoms with van der Waals surface area (Å²) < 4.78 is 6.44. The number of rotatable bonds is 5. The summed E-state index contributed by atoms with van der Waals surface area (Å²) >= 11 is 0. The molecule has 1 aromatic rings. The highest BCUT2D eigenvalue weighted by Crippen LogP contribution is 2.43. The van der Waals surface area contributed by atoms with E-state index in [2.05, 4.69) is 24.0 Å². The van der Waals surface area contributed by atoms with E-state index in [1.165, 1.54) is 44.1 Å². The zero-order valence-electron chi connectivity index (χ0n) is 13.2. The Hall–Kier alpha value is -1.06. The average Bonchev–Trinajstić information content (AvgIpc) is 3.11. The maximum absolute atomic E-state index is 6.44. The number of benzene rings is 1. The smallest absolute Gasteiger partial charge is 0.0710 e. The molecule has 2 aliphatic rings. The molecular formula is C18H28N2O. The van der Waals surface area contributed by atoms with Crippen molar-refractivity contribution in [3.05, 3.63) is 29.8 Å². The van der Waals surface area contributed by atoms with E-state index in [4.69, 9.17) is 10.5 Å². The zero-order chi connectivity index (χ0) is 14.7. The Morgan fingerprint density at radius 1 is 1.19 bits per heavy atom. The fraction of sp³-hybridized carbons (Fsp3) is 0.667. The molecule has 0 radical (unpaired) electrons. The summed E-state index contributed by atoms with van der Waals surface area (Å²) in [6.45, 7) is 5.35. The lowest BCUT2D eigenvalue weighted by atomic mass is 9.98. The van der Waals surface area contributed by atoms with E-state index in [0.717, 1.165) is 25.3 Å². The summed E-state index contributed by atoms with van der Waals surface area (Å²) in [5.74, 6) is 0. The molecule has 116 valence electrons. The number of nitrogen functional groups attached to an aromatic ring is 1. The van der Waals surface area contributed by atoms with E-state index in [1.54, 1.807) is 0 Å². The molecule has 1 aromatic carbocycles. The molecule has 1 atom stereocenters. The van der Waals surface area contributed by atoms with Gasteiger partial charge in [-0.1, -0.05) is 31.9 Å². The monoisotopic (exact) mass is 288 g/mol. The molecule has 3 nitrogen and oxygen atoms in total. The summed E-state index contributed by atoms with van der Waals surface area (Å²) in [5, 5.41) is 0. The van der Waals surface area contributed by atoms with Crippen molar-refractivity contribution >= 4 is 5.69 Å². The van der Waals surface area contributed by atoms with Gasteiger partial charge in [0.15, 0.2) is 0 Å². The second-order valence-electron chi connectivity index (χ2n) is 6.74. The minimum absolute atomic E-state index is 0.255. The number of hydrogen-bond acceptors (Lipinski definition) is 3. The highest BCUT2D eigenvalue weighted by molar-refractivity contribution is 5.39. The van der Waals surface area contributed by atoms with E-state index in [9.17, 15) is 0 Å². The van der Waals surface area contributed by atoms with Crippen LogP contribution in [0.15, 0.2) is 24.3 Å². The van der Waals surface area contributed by atoms with Crippen LogP contribution in [0.2, 0.25) is 0 Å². The van der Waals surface area contributed by atoms with Gasteiger partial charge >= 0.3 is 0 Å². The van der Waals surface area contributed by atoms with Crippen molar-refractivity contribution in [3.8, 4) is 0 Å². The number of anilines is 1. The SMILES string of the molecule is CCN(Cc1ccc(N)cc1)CC1CCC2(CCCC2)O1. The van der Waals surface area contributed by atoms with Gasteiger partial charge in [-0.2, -0.15) is 0 Å². The van der Waals surface area contributed by atoms with Crippen LogP contribution >= 0.6 is 0 Å². The molecule has 0 aromatic heterocycles. The van der Waals surface area contributed by atoms with Crippen LogP contribution in [0.3, 0.4) is 0 Å². The number of hydrogen-bond donors (Lipinski definition) is 1. The summed E-state index contributed by atoms with van der Waals surface area (Å²) in [4.78, 5) is 2.49. The lowest BCUT2D eigenvalue weighted by Gasteiger charge is -2.27. The molecule has 0 bridgehead atoms. The van der Waals surface area contributed by atoms with Gasteiger partial charge in [0.1, 0.15) is 0 Å². The molecule has 1 heterocycles. The van der Waals surface area contributed by atoms with Gasteiger partial charge in [0.2, 0.25) is 0 Å². The molecule has 2 fully saturated rings. The van der Waals surface area contributed by atoms with Crippen molar-refractivity contribution in [1.29, 1.82) is 0 Å². The summed E-state index contributed by atoms with van der Waals surface area (Å²) in [6, 6.07) is 8.24. The predicted molar refractivity (Wildman–Crippen MR) is 87.1 cm³/mol. The minimum Gasteiger partial charge on any atom is -0.399 e. The van der Waals surface area contributed by atoms with Gasteiger partial charge in [-0.3, -0.25) is 4.90 Å². The predicted octanol–water partition coefficient (Wildman–Crippen LogP) is 3.58. The maximum atomic E-state index is 6.44. The Morgan fingerprint density at radius 2 is 1.90 bits per heavy atom. The third-order valence-electron chi connectivity index (χ3n) is 5.15. The zero-order valence-corrected chi connectivity index (χ0v) is 13.2.